The molecule has 0 spiro atoms. The Morgan fingerprint density at radius 2 is 2.00 bits per heavy atom. The van der Waals surface area contributed by atoms with Crippen molar-refractivity contribution in [2.45, 2.75) is 65.3 Å². The fourth-order valence-corrected chi connectivity index (χ4v) is 7.34. The number of aromatic nitrogens is 2. The Labute approximate surface area is 152 Å². The molecule has 2 atom stereocenters. The molecule has 1 saturated heterocycles. The highest BCUT2D eigenvalue weighted by atomic mass is 35.5. The van der Waals surface area contributed by atoms with Crippen LogP contribution in [0.2, 0.25) is 5.28 Å². The molecule has 2 aromatic rings. The zero-order valence-electron chi connectivity index (χ0n) is 14.7. The maximum Gasteiger partial charge on any atom is 0.225 e. The number of thiophene rings is 1. The number of aryl methyl sites for hydroxylation is 2. The Hall–Kier alpha value is -0.870. The summed E-state index contributed by atoms with van der Waals surface area (Å²) in [6, 6.07) is 0.588. The summed E-state index contributed by atoms with van der Waals surface area (Å²) in [6.45, 7) is 8.41. The van der Waals surface area contributed by atoms with Crippen LogP contribution < -0.4 is 4.90 Å². The van der Waals surface area contributed by atoms with Gasteiger partial charge in [0.15, 0.2) is 0 Å². The van der Waals surface area contributed by atoms with E-state index in [1.54, 1.807) is 0 Å². The molecule has 2 fully saturated rings. The van der Waals surface area contributed by atoms with E-state index in [-0.39, 0.29) is 0 Å². The summed E-state index contributed by atoms with van der Waals surface area (Å²) in [4.78, 5) is 14.5. The van der Waals surface area contributed by atoms with E-state index in [4.69, 9.17) is 16.6 Å². The van der Waals surface area contributed by atoms with Crippen LogP contribution in [-0.2, 0) is 12.8 Å². The molecule has 2 aliphatic carbocycles. The summed E-state index contributed by atoms with van der Waals surface area (Å²) in [5.74, 6) is 1.12. The molecule has 3 heterocycles. The summed E-state index contributed by atoms with van der Waals surface area (Å²) >= 11 is 8.15. The minimum atomic E-state index is 0.398. The van der Waals surface area contributed by atoms with Crippen LogP contribution in [0.4, 0.5) is 5.82 Å². The Bertz CT molecular complexity index is 843. The molecular formula is C19H24ClN3S. The fourth-order valence-electron chi connectivity index (χ4n) is 5.87. The topological polar surface area (TPSA) is 29.0 Å². The molecule has 0 radical (unpaired) electrons. The third-order valence-corrected chi connectivity index (χ3v) is 7.56. The van der Waals surface area contributed by atoms with Gasteiger partial charge in [0.1, 0.15) is 10.6 Å². The predicted molar refractivity (Wildman–Crippen MR) is 101 cm³/mol. The monoisotopic (exact) mass is 361 g/mol. The summed E-state index contributed by atoms with van der Waals surface area (Å²) in [7, 11) is 0. The van der Waals surface area contributed by atoms with Gasteiger partial charge >= 0.3 is 0 Å². The molecule has 1 saturated carbocycles. The Kier molecular flexibility index (Phi) is 3.11. The SMILES string of the molecule is CC1(C)CC2CC(C)(CN2c2nc(Cl)nc3sc4c(c23)CCC4)C1. The van der Waals surface area contributed by atoms with Crippen molar-refractivity contribution in [1.82, 2.24) is 9.97 Å². The van der Waals surface area contributed by atoms with Gasteiger partial charge in [0.05, 0.1) is 5.39 Å². The number of nitrogens with zero attached hydrogens (tertiary/aromatic N) is 3. The number of halogens is 1. The quantitative estimate of drug-likeness (QED) is 0.650. The summed E-state index contributed by atoms with van der Waals surface area (Å²) in [5.41, 5.74) is 2.32. The largest absolute Gasteiger partial charge is 0.352 e. The van der Waals surface area contributed by atoms with E-state index in [1.807, 2.05) is 11.3 Å². The van der Waals surface area contributed by atoms with Crippen molar-refractivity contribution < 1.29 is 0 Å². The molecule has 2 aromatic heterocycles. The van der Waals surface area contributed by atoms with Gasteiger partial charge in [-0.15, -0.1) is 11.3 Å². The van der Waals surface area contributed by atoms with Crippen LogP contribution in [0.25, 0.3) is 10.2 Å². The molecule has 0 aromatic carbocycles. The molecule has 128 valence electrons. The van der Waals surface area contributed by atoms with Gasteiger partial charge in [0.25, 0.3) is 0 Å². The van der Waals surface area contributed by atoms with Crippen LogP contribution >= 0.6 is 22.9 Å². The van der Waals surface area contributed by atoms with E-state index in [2.05, 4.69) is 30.7 Å². The van der Waals surface area contributed by atoms with E-state index in [9.17, 15) is 0 Å². The highest BCUT2D eigenvalue weighted by Crippen LogP contribution is 2.54. The molecule has 2 unspecified atom stereocenters. The first-order valence-electron chi connectivity index (χ1n) is 9.08. The average molecular weight is 362 g/mol. The lowest BCUT2D eigenvalue weighted by atomic mass is 9.65. The highest BCUT2D eigenvalue weighted by Gasteiger charge is 2.50. The van der Waals surface area contributed by atoms with Gasteiger partial charge in [-0.05, 0) is 66.5 Å². The smallest absolute Gasteiger partial charge is 0.225 e. The van der Waals surface area contributed by atoms with Gasteiger partial charge in [-0.25, -0.2) is 4.98 Å². The summed E-state index contributed by atoms with van der Waals surface area (Å²) in [6.07, 6.45) is 7.48. The maximum atomic E-state index is 6.32. The first-order chi connectivity index (χ1) is 11.3. The molecule has 3 aliphatic rings. The van der Waals surface area contributed by atoms with Crippen LogP contribution in [-0.4, -0.2) is 22.6 Å². The van der Waals surface area contributed by atoms with Crippen molar-refractivity contribution in [3.8, 4) is 0 Å². The molecule has 0 N–H and O–H groups in total. The van der Waals surface area contributed by atoms with E-state index in [0.717, 1.165) is 17.2 Å². The first kappa shape index (κ1) is 15.4. The van der Waals surface area contributed by atoms with Crippen LogP contribution in [0.15, 0.2) is 0 Å². The molecule has 2 bridgehead atoms. The number of hydrogen-bond donors (Lipinski definition) is 0. The van der Waals surface area contributed by atoms with Gasteiger partial charge < -0.3 is 4.90 Å². The van der Waals surface area contributed by atoms with E-state index < -0.39 is 0 Å². The second-order valence-electron chi connectivity index (χ2n) is 9.20. The lowest BCUT2D eigenvalue weighted by Crippen LogP contribution is -2.35. The third-order valence-electron chi connectivity index (χ3n) is 6.21. The molecule has 24 heavy (non-hydrogen) atoms. The van der Waals surface area contributed by atoms with Crippen molar-refractivity contribution in [2.75, 3.05) is 11.4 Å². The lowest BCUT2D eigenvalue weighted by molar-refractivity contribution is 0.136. The summed E-state index contributed by atoms with van der Waals surface area (Å²) in [5, 5.41) is 1.72. The zero-order valence-corrected chi connectivity index (χ0v) is 16.2. The van der Waals surface area contributed by atoms with Crippen LogP contribution in [0.5, 0.6) is 0 Å². The second kappa shape index (κ2) is 4.85. The van der Waals surface area contributed by atoms with Crippen molar-refractivity contribution in [3.05, 3.63) is 15.7 Å². The number of rotatable bonds is 1. The minimum absolute atomic E-state index is 0.398. The fraction of sp³-hybridized carbons (Fsp3) is 0.684. The maximum absolute atomic E-state index is 6.32. The Balaban J connectivity index is 1.67. The molecule has 5 heteroatoms. The molecule has 0 amide bonds. The lowest BCUT2D eigenvalue weighted by Gasteiger charge is -2.39. The van der Waals surface area contributed by atoms with Gasteiger partial charge in [0, 0.05) is 17.5 Å². The van der Waals surface area contributed by atoms with Gasteiger partial charge in [-0.2, -0.15) is 4.98 Å². The molecular weight excluding hydrogens is 338 g/mol. The standard InChI is InChI=1S/C19H24ClN3S/c1-18(2)7-11-8-19(3,9-18)10-23(11)15-14-12-5-4-6-13(12)24-16(14)22-17(20)21-15/h11H,4-10H2,1-3H3. The van der Waals surface area contributed by atoms with Crippen molar-refractivity contribution in [3.63, 3.8) is 0 Å². The Morgan fingerprint density at radius 3 is 2.83 bits per heavy atom. The molecule has 1 aliphatic heterocycles. The first-order valence-corrected chi connectivity index (χ1v) is 10.3. The van der Waals surface area contributed by atoms with E-state index >= 15 is 0 Å². The molecule has 5 rings (SSSR count). The van der Waals surface area contributed by atoms with Crippen LogP contribution in [0.3, 0.4) is 0 Å². The van der Waals surface area contributed by atoms with Gasteiger partial charge in [-0.1, -0.05) is 20.8 Å². The normalized spacial score (nSPS) is 31.0. The third kappa shape index (κ3) is 2.22. The predicted octanol–water partition coefficient (Wildman–Crippen LogP) is 5.24. The number of anilines is 1. The Morgan fingerprint density at radius 1 is 1.17 bits per heavy atom. The van der Waals surface area contributed by atoms with Crippen molar-refractivity contribution in [2.24, 2.45) is 10.8 Å². The highest BCUT2D eigenvalue weighted by molar-refractivity contribution is 7.19. The van der Waals surface area contributed by atoms with Crippen LogP contribution in [0.1, 0.15) is 56.9 Å². The molecule has 3 nitrogen and oxygen atoms in total. The van der Waals surface area contributed by atoms with Crippen LogP contribution in [0, 0.1) is 10.8 Å². The summed E-state index contributed by atoms with van der Waals surface area (Å²) < 4.78 is 0. The number of fused-ring (bicyclic) bond motifs is 5. The van der Waals surface area contributed by atoms with Gasteiger partial charge in [-0.3, -0.25) is 0 Å². The van der Waals surface area contributed by atoms with Crippen molar-refractivity contribution >= 4 is 39.0 Å². The van der Waals surface area contributed by atoms with Crippen molar-refractivity contribution in [1.29, 1.82) is 0 Å². The minimum Gasteiger partial charge on any atom is -0.352 e. The van der Waals surface area contributed by atoms with E-state index in [0.29, 0.717) is 22.2 Å². The number of hydrogen-bond acceptors (Lipinski definition) is 4. The van der Waals surface area contributed by atoms with E-state index in [1.165, 1.54) is 54.4 Å². The second-order valence-corrected chi connectivity index (χ2v) is 10.6. The zero-order chi connectivity index (χ0) is 16.7. The average Bonchev–Trinajstić information content (AvgIpc) is 3.07. The van der Waals surface area contributed by atoms with Gasteiger partial charge in [0.2, 0.25) is 5.28 Å².